The summed E-state index contributed by atoms with van der Waals surface area (Å²) in [5, 5.41) is 14.2. The number of nitrogens with zero attached hydrogens (tertiary/aromatic N) is 1. The van der Waals surface area contributed by atoms with Crippen molar-refractivity contribution in [3.8, 4) is 0 Å². The first-order valence-electron chi connectivity index (χ1n) is 5.64. The highest BCUT2D eigenvalue weighted by Gasteiger charge is 2.18. The monoisotopic (exact) mass is 220 g/mol. The van der Waals surface area contributed by atoms with E-state index in [-0.39, 0.29) is 10.6 Å². The molecule has 1 fully saturated rings. The summed E-state index contributed by atoms with van der Waals surface area (Å²) in [7, 11) is 0. The Morgan fingerprint density at radius 2 is 2.31 bits per heavy atom. The number of piperidine rings is 1. The maximum atomic E-state index is 10.8. The lowest BCUT2D eigenvalue weighted by Gasteiger charge is -2.23. The number of nitro groups is 1. The van der Waals surface area contributed by atoms with Crippen molar-refractivity contribution in [1.29, 1.82) is 0 Å². The van der Waals surface area contributed by atoms with Crippen LogP contribution in [-0.4, -0.2) is 18.0 Å². The third kappa shape index (κ3) is 2.22. The van der Waals surface area contributed by atoms with Gasteiger partial charge in [0.15, 0.2) is 0 Å². The molecule has 4 heteroatoms. The Hall–Kier alpha value is -1.42. The summed E-state index contributed by atoms with van der Waals surface area (Å²) in [6.45, 7) is 3.77. The van der Waals surface area contributed by atoms with Crippen molar-refractivity contribution in [2.45, 2.75) is 25.7 Å². The van der Waals surface area contributed by atoms with Gasteiger partial charge in [0.1, 0.15) is 0 Å². The Kier molecular flexibility index (Phi) is 3.19. The highest BCUT2D eigenvalue weighted by molar-refractivity contribution is 5.43. The average molecular weight is 220 g/mol. The first-order valence-corrected chi connectivity index (χ1v) is 5.64. The molecule has 2 rings (SSSR count). The molecule has 0 aliphatic carbocycles. The van der Waals surface area contributed by atoms with Gasteiger partial charge in [0, 0.05) is 18.2 Å². The third-order valence-corrected chi connectivity index (χ3v) is 3.20. The second-order valence-corrected chi connectivity index (χ2v) is 4.35. The molecule has 0 aromatic heterocycles. The van der Waals surface area contributed by atoms with Gasteiger partial charge in [0.2, 0.25) is 0 Å². The molecule has 1 aromatic rings. The molecule has 1 heterocycles. The fourth-order valence-electron chi connectivity index (χ4n) is 2.21. The summed E-state index contributed by atoms with van der Waals surface area (Å²) in [5.74, 6) is 0.424. The molecule has 16 heavy (non-hydrogen) atoms. The van der Waals surface area contributed by atoms with Gasteiger partial charge in [-0.05, 0) is 37.8 Å². The fraction of sp³-hybridized carbons (Fsp3) is 0.500. The fourth-order valence-corrected chi connectivity index (χ4v) is 2.21. The number of nitro benzene ring substituents is 1. The molecule has 86 valence electrons. The normalized spacial score (nSPS) is 20.7. The van der Waals surface area contributed by atoms with Crippen molar-refractivity contribution in [1.82, 2.24) is 5.32 Å². The molecule has 0 bridgehead atoms. The highest BCUT2D eigenvalue weighted by atomic mass is 16.6. The second-order valence-electron chi connectivity index (χ2n) is 4.35. The van der Waals surface area contributed by atoms with Gasteiger partial charge in [-0.1, -0.05) is 12.1 Å². The molecule has 1 N–H and O–H groups in total. The van der Waals surface area contributed by atoms with Crippen LogP contribution in [0.25, 0.3) is 0 Å². The van der Waals surface area contributed by atoms with E-state index in [4.69, 9.17) is 0 Å². The summed E-state index contributed by atoms with van der Waals surface area (Å²) in [6, 6.07) is 5.59. The van der Waals surface area contributed by atoms with Crippen LogP contribution >= 0.6 is 0 Å². The molecule has 1 unspecified atom stereocenters. The minimum atomic E-state index is -0.297. The Morgan fingerprint density at radius 1 is 1.50 bits per heavy atom. The van der Waals surface area contributed by atoms with Gasteiger partial charge >= 0.3 is 0 Å². The van der Waals surface area contributed by atoms with E-state index in [0.717, 1.165) is 37.1 Å². The van der Waals surface area contributed by atoms with E-state index in [2.05, 4.69) is 5.32 Å². The van der Waals surface area contributed by atoms with Gasteiger partial charge in [-0.3, -0.25) is 10.1 Å². The summed E-state index contributed by atoms with van der Waals surface area (Å²) >= 11 is 0. The van der Waals surface area contributed by atoms with Gasteiger partial charge in [-0.25, -0.2) is 0 Å². The van der Waals surface area contributed by atoms with Crippen molar-refractivity contribution >= 4 is 5.69 Å². The highest BCUT2D eigenvalue weighted by Crippen LogP contribution is 2.28. The first-order chi connectivity index (χ1) is 7.68. The van der Waals surface area contributed by atoms with E-state index in [1.165, 1.54) is 0 Å². The number of hydrogen-bond acceptors (Lipinski definition) is 3. The average Bonchev–Trinajstić information content (AvgIpc) is 2.30. The standard InChI is InChI=1S/C12H16N2O2/c1-9-4-5-10(7-12(9)14(15)16)11-3-2-6-13-8-11/h4-5,7,11,13H,2-3,6,8H2,1H3. The Morgan fingerprint density at radius 3 is 2.94 bits per heavy atom. The van der Waals surface area contributed by atoms with E-state index >= 15 is 0 Å². The topological polar surface area (TPSA) is 55.2 Å². The third-order valence-electron chi connectivity index (χ3n) is 3.20. The van der Waals surface area contributed by atoms with E-state index in [1.807, 2.05) is 12.1 Å². The van der Waals surface area contributed by atoms with Crippen LogP contribution in [0.5, 0.6) is 0 Å². The van der Waals surface area contributed by atoms with Crippen LogP contribution < -0.4 is 5.32 Å². The molecule has 0 radical (unpaired) electrons. The molecule has 0 saturated carbocycles. The van der Waals surface area contributed by atoms with Crippen LogP contribution in [0.2, 0.25) is 0 Å². The number of hydrogen-bond donors (Lipinski definition) is 1. The largest absolute Gasteiger partial charge is 0.316 e. The van der Waals surface area contributed by atoms with Crippen LogP contribution in [-0.2, 0) is 0 Å². The van der Waals surface area contributed by atoms with Crippen molar-refractivity contribution < 1.29 is 4.92 Å². The molecule has 1 aromatic carbocycles. The lowest BCUT2D eigenvalue weighted by molar-refractivity contribution is -0.385. The van der Waals surface area contributed by atoms with Gasteiger partial charge < -0.3 is 5.32 Å². The van der Waals surface area contributed by atoms with E-state index < -0.39 is 0 Å². The van der Waals surface area contributed by atoms with Gasteiger partial charge in [0.05, 0.1) is 4.92 Å². The summed E-state index contributed by atoms with van der Waals surface area (Å²) < 4.78 is 0. The minimum absolute atomic E-state index is 0.239. The van der Waals surface area contributed by atoms with Crippen LogP contribution in [0.1, 0.15) is 29.9 Å². The van der Waals surface area contributed by atoms with Gasteiger partial charge in [0.25, 0.3) is 5.69 Å². The quantitative estimate of drug-likeness (QED) is 0.615. The molecule has 4 nitrogen and oxygen atoms in total. The predicted octanol–water partition coefficient (Wildman–Crippen LogP) is 2.37. The van der Waals surface area contributed by atoms with E-state index in [1.54, 1.807) is 13.0 Å². The number of aryl methyl sites for hydroxylation is 1. The summed E-state index contributed by atoms with van der Waals surface area (Å²) in [5.41, 5.74) is 2.06. The molecular formula is C12H16N2O2. The number of benzene rings is 1. The maximum Gasteiger partial charge on any atom is 0.272 e. The molecule has 1 aliphatic rings. The zero-order chi connectivity index (χ0) is 11.5. The van der Waals surface area contributed by atoms with E-state index in [9.17, 15) is 10.1 Å². The zero-order valence-corrected chi connectivity index (χ0v) is 9.40. The van der Waals surface area contributed by atoms with Crippen molar-refractivity contribution in [3.05, 3.63) is 39.4 Å². The lowest BCUT2D eigenvalue weighted by Crippen LogP contribution is -2.28. The van der Waals surface area contributed by atoms with Crippen LogP contribution in [0.3, 0.4) is 0 Å². The molecular weight excluding hydrogens is 204 g/mol. The number of nitrogens with one attached hydrogen (secondary N) is 1. The van der Waals surface area contributed by atoms with Crippen LogP contribution in [0, 0.1) is 17.0 Å². The predicted molar refractivity (Wildman–Crippen MR) is 62.7 cm³/mol. The molecule has 1 aliphatic heterocycles. The first kappa shape index (κ1) is 11.1. The van der Waals surface area contributed by atoms with Crippen LogP contribution in [0.15, 0.2) is 18.2 Å². The minimum Gasteiger partial charge on any atom is -0.316 e. The summed E-state index contributed by atoms with van der Waals surface area (Å²) in [4.78, 5) is 10.6. The van der Waals surface area contributed by atoms with Crippen molar-refractivity contribution in [2.75, 3.05) is 13.1 Å². The molecule has 1 atom stereocenters. The Labute approximate surface area is 94.8 Å². The molecule has 1 saturated heterocycles. The van der Waals surface area contributed by atoms with Gasteiger partial charge in [-0.2, -0.15) is 0 Å². The number of rotatable bonds is 2. The van der Waals surface area contributed by atoms with Gasteiger partial charge in [-0.15, -0.1) is 0 Å². The molecule has 0 spiro atoms. The summed E-state index contributed by atoms with van der Waals surface area (Å²) in [6.07, 6.45) is 2.26. The smallest absolute Gasteiger partial charge is 0.272 e. The lowest BCUT2D eigenvalue weighted by atomic mass is 9.91. The molecule has 0 amide bonds. The maximum absolute atomic E-state index is 10.8. The van der Waals surface area contributed by atoms with Crippen LogP contribution in [0.4, 0.5) is 5.69 Å². The van der Waals surface area contributed by atoms with Crippen molar-refractivity contribution in [2.24, 2.45) is 0 Å². The van der Waals surface area contributed by atoms with E-state index in [0.29, 0.717) is 5.92 Å². The Balaban J connectivity index is 2.27. The SMILES string of the molecule is Cc1ccc(C2CCCNC2)cc1[N+](=O)[O-]. The van der Waals surface area contributed by atoms with Crippen molar-refractivity contribution in [3.63, 3.8) is 0 Å². The Bertz CT molecular complexity index is 398. The second kappa shape index (κ2) is 4.61. The zero-order valence-electron chi connectivity index (χ0n) is 9.40.